The molecule has 11 aromatic carbocycles. The minimum absolute atomic E-state index is 0. The molecule has 13 heterocycles. The van der Waals surface area contributed by atoms with Crippen molar-refractivity contribution in [3.8, 4) is 69.1 Å². The average Bonchev–Trinajstić information content (AvgIpc) is 1.65. The Labute approximate surface area is 893 Å². The van der Waals surface area contributed by atoms with Gasteiger partial charge >= 0.3 is 0 Å². The van der Waals surface area contributed by atoms with Gasteiger partial charge in [0.05, 0.1) is 115 Å². The van der Waals surface area contributed by atoms with Crippen molar-refractivity contribution in [3.63, 3.8) is 0 Å². The van der Waals surface area contributed by atoms with E-state index in [2.05, 4.69) is 141 Å². The van der Waals surface area contributed by atoms with Crippen LogP contribution in [0.2, 0.25) is 5.02 Å². The van der Waals surface area contributed by atoms with Crippen LogP contribution in [-0.2, 0) is 6.54 Å². The molecule has 3 amide bonds. The number of fused-ring (bicyclic) bond motifs is 6. The van der Waals surface area contributed by atoms with Crippen molar-refractivity contribution in [3.05, 3.63) is 379 Å². The number of aromatic amines is 6. The number of nitrogen functional groups attached to an aromatic ring is 6. The highest BCUT2D eigenvalue weighted by Gasteiger charge is 2.24. The van der Waals surface area contributed by atoms with Gasteiger partial charge in [0.25, 0.3) is 17.7 Å². The molecule has 42 heteroatoms. The first-order valence-electron chi connectivity index (χ1n) is 46.0. The number of anilines is 8. The largest absolute Gasteiger partial charge is 0.382 e. The normalized spacial score (nSPS) is 10.9. The summed E-state index contributed by atoms with van der Waals surface area (Å²) in [5.74, 6) is 3.44. The number of imidazole rings is 6. The van der Waals surface area contributed by atoms with Crippen LogP contribution >= 0.6 is 46.9 Å². The van der Waals surface area contributed by atoms with Gasteiger partial charge in [-0.05, 0) is 189 Å². The zero-order valence-corrected chi connectivity index (χ0v) is 82.8. The second kappa shape index (κ2) is 45.5. The molecule has 13 aromatic heterocycles. The Bertz CT molecular complexity index is 8670. The van der Waals surface area contributed by atoms with Crippen molar-refractivity contribution in [2.24, 2.45) is 0 Å². The van der Waals surface area contributed by atoms with E-state index in [0.29, 0.717) is 109 Å². The summed E-state index contributed by atoms with van der Waals surface area (Å²) in [5, 5.41) is 11.1. The molecule has 24 aromatic rings. The molecule has 37 nitrogen and oxygen atoms in total. The molecule has 0 unspecified atom stereocenters. The number of pyridine rings is 1. The van der Waals surface area contributed by atoms with Crippen LogP contribution in [0.3, 0.4) is 0 Å². The first-order chi connectivity index (χ1) is 73.0. The summed E-state index contributed by atoms with van der Waals surface area (Å²) in [6.07, 6.45) is 12.1. The maximum Gasteiger partial charge on any atom is 0.275 e. The third-order valence-corrected chi connectivity index (χ3v) is 25.1. The van der Waals surface area contributed by atoms with E-state index in [1.54, 1.807) is 73.1 Å². The third kappa shape index (κ3) is 24.5. The Kier molecular flexibility index (Phi) is 30.1. The number of aromatic nitrogens is 25. The average molecular weight is 2090 g/mol. The Balaban J connectivity index is 0.000000501. The number of nitrogens with one attached hydrogen (secondary N) is 9. The van der Waals surface area contributed by atoms with E-state index in [1.807, 2.05) is 257 Å². The summed E-state index contributed by atoms with van der Waals surface area (Å²) in [7, 11) is 0. The number of rotatable bonds is 19. The summed E-state index contributed by atoms with van der Waals surface area (Å²) in [4.78, 5) is 142. The van der Waals surface area contributed by atoms with E-state index in [1.165, 1.54) is 54.2 Å². The van der Waals surface area contributed by atoms with Crippen LogP contribution in [-0.4, -0.2) is 142 Å². The van der Waals surface area contributed by atoms with E-state index in [4.69, 9.17) is 46.0 Å². The summed E-state index contributed by atoms with van der Waals surface area (Å²) >= 11 is 10.4. The standard InChI is InChI=1S/C20H18N6O.C19H16N6O.C18H15N7O.C17H12ClN5S.C17H12FN5S.C17H13N5S.16H2/c1-12-7-8-14-15(9-12)26-19(25-14)17-18(21)22-11-16(24-17)20(27)23-10-13-5-3-2-4-6-13;1-11-7-8-13-14(9-11)25-18(24-13)16-17(20)21-10-15(23-16)19(26)22-12-5-3-2-4-6-12;1-10-4-5-12-13(7-10)25-17(24-12)15-16(19)21-9-14(23-15)18(26)22-11-3-2-6-20-8-11;2*18-10-4-3-5-11(8-10)24-14-9-20-16(19)15(23-14)17-21-12-6-1-2-7-13(12)22-17;18-16-15(17-20-12-8-4-5-9-13(12)21-17)22-14(10-19-16)23-11-6-2-1-3-7-11;;;;;;;;;;;;;;;;/h2-9,11H,10H2,1H3,(H2,21,22)(H,23,27)(H,25,26);2-10H,1H3,(H2,20,21)(H,22,26)(H,24,25);2-9H,1H3,(H2,19,21)(H,22,26)(H,24,25);2*1-9H,(H2,19,20)(H,21,22);1-10H,(H2,18,19)(H,20,21);16*1H. The molecular weight excluding hydrogens is 1970 g/mol. The molecule has 21 N–H and O–H groups in total. The van der Waals surface area contributed by atoms with Crippen LogP contribution < -0.4 is 50.4 Å². The lowest BCUT2D eigenvalue weighted by atomic mass is 10.2. The van der Waals surface area contributed by atoms with Crippen LogP contribution in [0.5, 0.6) is 0 Å². The number of hydrogen-bond donors (Lipinski definition) is 15. The van der Waals surface area contributed by atoms with E-state index >= 15 is 0 Å². The second-order valence-electron chi connectivity index (χ2n) is 33.1. The third-order valence-electron chi connectivity index (χ3n) is 22.1. The van der Waals surface area contributed by atoms with Gasteiger partial charge in [-0.2, -0.15) is 0 Å². The van der Waals surface area contributed by atoms with E-state index in [-0.39, 0.29) is 80.8 Å². The Morgan fingerprint density at radius 2 is 0.627 bits per heavy atom. The molecule has 0 aliphatic carbocycles. The van der Waals surface area contributed by atoms with Crippen molar-refractivity contribution >= 4 is 177 Å². The Morgan fingerprint density at radius 1 is 0.307 bits per heavy atom. The number of amides is 3. The highest BCUT2D eigenvalue weighted by atomic mass is 35.5. The Hall–Kier alpha value is -19.6. The fourth-order valence-corrected chi connectivity index (χ4v) is 17.5. The van der Waals surface area contributed by atoms with Gasteiger partial charge in [-0.1, -0.05) is 180 Å². The van der Waals surface area contributed by atoms with Gasteiger partial charge in [-0.3, -0.25) is 19.4 Å². The predicted molar refractivity (Wildman–Crippen MR) is 618 cm³/mol. The molecule has 0 radical (unpaired) electrons. The first-order valence-corrected chi connectivity index (χ1v) is 48.8. The monoisotopic (exact) mass is 2090 g/mol. The minimum atomic E-state index is -0.404. The number of carbonyl (C=O) groups excluding carboxylic acids is 3. The lowest BCUT2D eigenvalue weighted by Crippen LogP contribution is -2.24. The van der Waals surface area contributed by atoms with Crippen LogP contribution in [0.15, 0.2) is 358 Å². The molecule has 0 spiro atoms. The van der Waals surface area contributed by atoms with Gasteiger partial charge in [-0.15, -0.1) is 0 Å². The van der Waals surface area contributed by atoms with Gasteiger partial charge in [0.1, 0.15) is 72.1 Å². The molecule has 24 rings (SSSR count). The lowest BCUT2D eigenvalue weighted by molar-refractivity contribution is 0.0944. The summed E-state index contributed by atoms with van der Waals surface area (Å²) in [6, 6.07) is 87.1. The number of nitrogens with two attached hydrogens (primary N) is 6. The number of halogens is 2. The molecule has 770 valence electrons. The number of H-pyrrole nitrogens is 6. The van der Waals surface area contributed by atoms with Crippen LogP contribution in [0.4, 0.5) is 50.7 Å². The topological polar surface area (TPSA) is 583 Å². The van der Waals surface area contributed by atoms with Gasteiger partial charge in [-0.25, -0.2) is 94.1 Å². The van der Waals surface area contributed by atoms with Gasteiger partial charge in [0.15, 0.2) is 69.9 Å². The van der Waals surface area contributed by atoms with Crippen molar-refractivity contribution in [1.29, 1.82) is 0 Å². The molecule has 0 saturated heterocycles. The first kappa shape index (κ1) is 99.1. The van der Waals surface area contributed by atoms with Crippen LogP contribution in [0, 0.1) is 26.6 Å². The van der Waals surface area contributed by atoms with Crippen molar-refractivity contribution < 1.29 is 41.6 Å². The zero-order chi connectivity index (χ0) is 104. The number of para-hydroxylation sites is 7. The Morgan fingerprint density at radius 3 is 1.01 bits per heavy atom. The highest BCUT2D eigenvalue weighted by molar-refractivity contribution is 7.99. The highest BCUT2D eigenvalue weighted by Crippen LogP contribution is 2.37. The molecule has 0 saturated carbocycles. The SMILES string of the molecule is Cc1ccc2nc(-c3nc(C(=O)NCc4ccccc4)cnc3N)[nH]c2c1.Cc1ccc2nc(-c3nc(C(=O)Nc4ccccc4)cnc3N)[nH]c2c1.Cc1ccc2nc(-c3nc(C(=O)Nc4cccnc4)cnc3N)[nH]c2c1.Nc1ncc(Sc2cccc(Cl)c2)nc1-c1nc2ccccc2[nH]1.Nc1ncc(Sc2cccc(F)c2)nc1-c1nc2ccccc2[nH]1.Nc1ncc(Sc2ccccc2)nc1-c1nc2ccccc2[nH]1.[HH].[HH].[HH].[HH].[HH].[HH].[HH].[HH].[HH].[HH].[HH].[HH].[HH].[HH].[HH].[HH]. The van der Waals surface area contributed by atoms with Gasteiger partial charge in [0, 0.05) is 61.0 Å². The van der Waals surface area contributed by atoms with Crippen LogP contribution in [0.25, 0.3) is 135 Å². The van der Waals surface area contributed by atoms with E-state index in [0.717, 1.165) is 113 Å². The minimum Gasteiger partial charge on any atom is -0.382 e. The smallest absolute Gasteiger partial charge is 0.275 e. The number of carbonyl (C=O) groups is 3. The second-order valence-corrected chi connectivity index (χ2v) is 36.9. The molecular formula is C108H118ClFN34O3S3. The van der Waals surface area contributed by atoms with Gasteiger partial charge in [0.2, 0.25) is 0 Å². The molecule has 0 bridgehead atoms. The fourth-order valence-electron chi connectivity index (χ4n) is 14.9. The molecule has 0 aliphatic rings. The van der Waals surface area contributed by atoms with E-state index in [9.17, 15) is 18.8 Å². The fraction of sp³-hybridized carbons (Fsp3) is 0.0370. The summed E-state index contributed by atoms with van der Waals surface area (Å²) in [6.45, 7) is 6.41. The zero-order valence-electron chi connectivity index (χ0n) is 79.6. The van der Waals surface area contributed by atoms with Gasteiger partial charge < -0.3 is 80.3 Å². The van der Waals surface area contributed by atoms with Crippen molar-refractivity contribution in [2.45, 2.75) is 57.1 Å². The predicted octanol–water partition coefficient (Wildman–Crippen LogP) is 24.5. The number of benzene rings is 11. The van der Waals surface area contributed by atoms with Crippen molar-refractivity contribution in [2.75, 3.05) is 45.0 Å². The number of aryl methyl sites for hydroxylation is 3. The quantitative estimate of drug-likeness (QED) is 0.0357. The molecule has 0 aliphatic heterocycles. The van der Waals surface area contributed by atoms with Crippen molar-refractivity contribution in [1.82, 2.24) is 130 Å². The molecule has 150 heavy (non-hydrogen) atoms. The maximum absolute atomic E-state index is 13.3. The lowest BCUT2D eigenvalue weighted by Gasteiger charge is -2.07. The molecule has 0 atom stereocenters. The molecule has 0 fully saturated rings. The maximum atomic E-state index is 13.3. The summed E-state index contributed by atoms with van der Waals surface area (Å²) < 4.78 is 13.3. The van der Waals surface area contributed by atoms with Crippen LogP contribution in [0.1, 0.15) is 76.5 Å². The summed E-state index contributed by atoms with van der Waals surface area (Å²) in [5.41, 5.74) is 54.9. The van der Waals surface area contributed by atoms with E-state index < -0.39 is 5.91 Å². The number of nitrogens with zero attached hydrogens (tertiary/aromatic N) is 19. The number of hydrogen-bond acceptors (Lipinski definition) is 31.